The van der Waals surface area contributed by atoms with Crippen molar-refractivity contribution in [3.63, 3.8) is 0 Å². The van der Waals surface area contributed by atoms with E-state index in [-0.39, 0.29) is 5.69 Å². The van der Waals surface area contributed by atoms with Crippen LogP contribution in [-0.4, -0.2) is 20.7 Å². The summed E-state index contributed by atoms with van der Waals surface area (Å²) in [6, 6.07) is 13.8. The predicted molar refractivity (Wildman–Crippen MR) is 113 cm³/mol. The Balaban J connectivity index is 1.61. The number of carbonyl (C=O) groups excluding carboxylic acids is 1. The molecular formula is C22H21F3N4OS. The molecule has 1 unspecified atom stereocenters. The number of hydrogen-bond donors (Lipinski definition) is 1. The van der Waals surface area contributed by atoms with Gasteiger partial charge in [-0.3, -0.25) is 4.79 Å². The zero-order valence-corrected chi connectivity index (χ0v) is 17.4. The number of benzene rings is 2. The number of aryl methyl sites for hydroxylation is 1. The highest BCUT2D eigenvalue weighted by Crippen LogP contribution is 2.37. The normalized spacial score (nSPS) is 15.1. The number of nitrogens with zero attached hydrogens (tertiary/aromatic N) is 3. The number of thioether (sulfide) groups is 1. The van der Waals surface area contributed by atoms with E-state index in [0.717, 1.165) is 55.7 Å². The van der Waals surface area contributed by atoms with E-state index in [1.54, 1.807) is 0 Å². The number of amides is 1. The first kappa shape index (κ1) is 21.4. The Hall–Kier alpha value is -2.81. The van der Waals surface area contributed by atoms with Gasteiger partial charge in [-0.05, 0) is 36.6 Å². The molecule has 1 aromatic heterocycles. The van der Waals surface area contributed by atoms with E-state index >= 15 is 0 Å². The van der Waals surface area contributed by atoms with Gasteiger partial charge in [0.05, 0.1) is 5.56 Å². The number of hydrogen-bond acceptors (Lipinski definition) is 4. The maximum atomic E-state index is 13.2. The molecule has 1 atom stereocenters. The first-order valence-electron chi connectivity index (χ1n) is 10.0. The molecule has 0 saturated heterocycles. The van der Waals surface area contributed by atoms with Crippen LogP contribution >= 0.6 is 11.8 Å². The number of anilines is 1. The van der Waals surface area contributed by atoms with Crippen molar-refractivity contribution >= 4 is 23.4 Å². The van der Waals surface area contributed by atoms with Crippen LogP contribution in [0.25, 0.3) is 0 Å². The van der Waals surface area contributed by atoms with Gasteiger partial charge in [-0.1, -0.05) is 54.6 Å². The van der Waals surface area contributed by atoms with E-state index in [1.807, 2.05) is 34.9 Å². The Morgan fingerprint density at radius 3 is 2.61 bits per heavy atom. The molecule has 162 valence electrons. The molecule has 1 aliphatic heterocycles. The highest BCUT2D eigenvalue weighted by molar-refractivity contribution is 8.00. The SMILES string of the molecule is O=C(Nc1cccc(C(F)(F)F)c1)C(Sc1nnc2n1CCCCC2)c1ccccc1. The minimum absolute atomic E-state index is 0.0985. The molecule has 31 heavy (non-hydrogen) atoms. The molecule has 2 aromatic carbocycles. The van der Waals surface area contributed by atoms with Crippen LogP contribution in [0.1, 0.15) is 41.5 Å². The number of rotatable bonds is 5. The number of halogens is 3. The summed E-state index contributed by atoms with van der Waals surface area (Å²) in [6.07, 6.45) is -0.439. The van der Waals surface area contributed by atoms with Crippen LogP contribution in [0.3, 0.4) is 0 Å². The second-order valence-electron chi connectivity index (χ2n) is 7.34. The lowest BCUT2D eigenvalue weighted by atomic mass is 10.1. The molecule has 4 rings (SSSR count). The first-order chi connectivity index (χ1) is 14.9. The molecule has 0 fully saturated rings. The standard InChI is InChI=1S/C22H21F3N4OS/c23-22(24,25)16-10-7-11-17(14-16)26-20(30)19(15-8-3-1-4-9-15)31-21-28-27-18-12-5-2-6-13-29(18)21/h1,3-4,7-11,14,19H,2,5-6,12-13H2,(H,26,30). The smallest absolute Gasteiger partial charge is 0.325 e. The summed E-state index contributed by atoms with van der Waals surface area (Å²) in [6.45, 7) is 0.793. The van der Waals surface area contributed by atoms with Gasteiger partial charge in [0.1, 0.15) is 11.1 Å². The van der Waals surface area contributed by atoms with Crippen LogP contribution < -0.4 is 5.32 Å². The quantitative estimate of drug-likeness (QED) is 0.526. The molecule has 5 nitrogen and oxygen atoms in total. The van der Waals surface area contributed by atoms with Gasteiger partial charge in [0.15, 0.2) is 5.16 Å². The summed E-state index contributed by atoms with van der Waals surface area (Å²) >= 11 is 1.26. The van der Waals surface area contributed by atoms with Crippen LogP contribution in [0.5, 0.6) is 0 Å². The zero-order chi connectivity index (χ0) is 21.8. The van der Waals surface area contributed by atoms with Crippen molar-refractivity contribution < 1.29 is 18.0 Å². The van der Waals surface area contributed by atoms with Crippen LogP contribution in [0.2, 0.25) is 0 Å². The average molecular weight is 446 g/mol. The highest BCUT2D eigenvalue weighted by Gasteiger charge is 2.31. The van der Waals surface area contributed by atoms with Crippen molar-refractivity contribution in [2.75, 3.05) is 5.32 Å². The molecule has 2 heterocycles. The maximum absolute atomic E-state index is 13.2. The van der Waals surface area contributed by atoms with Crippen molar-refractivity contribution in [1.82, 2.24) is 14.8 Å². The Labute approximate surface area is 182 Å². The van der Waals surface area contributed by atoms with E-state index in [0.29, 0.717) is 5.16 Å². The summed E-state index contributed by atoms with van der Waals surface area (Å²) in [5, 5.41) is 11.2. The average Bonchev–Trinajstić information content (AvgIpc) is 2.97. The summed E-state index contributed by atoms with van der Waals surface area (Å²) in [5.74, 6) is 0.492. The Kier molecular flexibility index (Phi) is 6.31. The Bertz CT molecular complexity index is 1050. The summed E-state index contributed by atoms with van der Waals surface area (Å²) in [7, 11) is 0. The van der Waals surface area contributed by atoms with Crippen LogP contribution in [0.15, 0.2) is 59.8 Å². The van der Waals surface area contributed by atoms with Gasteiger partial charge in [-0.15, -0.1) is 10.2 Å². The van der Waals surface area contributed by atoms with Crippen molar-refractivity contribution in [2.24, 2.45) is 0 Å². The molecule has 1 aliphatic rings. The van der Waals surface area contributed by atoms with Crippen molar-refractivity contribution in [1.29, 1.82) is 0 Å². The van der Waals surface area contributed by atoms with E-state index in [1.165, 1.54) is 23.9 Å². The van der Waals surface area contributed by atoms with Gasteiger partial charge in [0.2, 0.25) is 5.91 Å². The molecule has 0 bridgehead atoms. The van der Waals surface area contributed by atoms with E-state index < -0.39 is 22.9 Å². The number of alkyl halides is 3. The van der Waals surface area contributed by atoms with E-state index in [4.69, 9.17) is 0 Å². The largest absolute Gasteiger partial charge is 0.416 e. The highest BCUT2D eigenvalue weighted by atomic mass is 32.2. The lowest BCUT2D eigenvalue weighted by Gasteiger charge is -2.18. The van der Waals surface area contributed by atoms with E-state index in [2.05, 4.69) is 15.5 Å². The number of carbonyl (C=O) groups is 1. The summed E-state index contributed by atoms with van der Waals surface area (Å²) in [4.78, 5) is 13.2. The van der Waals surface area contributed by atoms with Crippen LogP contribution in [0, 0.1) is 0 Å². The fourth-order valence-corrected chi connectivity index (χ4v) is 4.61. The molecule has 3 aromatic rings. The molecule has 0 aliphatic carbocycles. The molecule has 9 heteroatoms. The molecule has 0 radical (unpaired) electrons. The third kappa shape index (κ3) is 5.10. The number of nitrogens with one attached hydrogen (secondary N) is 1. The van der Waals surface area contributed by atoms with Crippen LogP contribution in [0.4, 0.5) is 18.9 Å². The Morgan fingerprint density at radius 2 is 1.84 bits per heavy atom. The number of aromatic nitrogens is 3. The lowest BCUT2D eigenvalue weighted by molar-refractivity contribution is -0.137. The van der Waals surface area contributed by atoms with Gasteiger partial charge in [-0.2, -0.15) is 13.2 Å². The van der Waals surface area contributed by atoms with Gasteiger partial charge >= 0.3 is 6.18 Å². The van der Waals surface area contributed by atoms with Crippen LogP contribution in [-0.2, 0) is 23.9 Å². The third-order valence-electron chi connectivity index (χ3n) is 5.10. The third-order valence-corrected chi connectivity index (χ3v) is 6.33. The second-order valence-corrected chi connectivity index (χ2v) is 8.41. The van der Waals surface area contributed by atoms with Gasteiger partial charge in [-0.25, -0.2) is 0 Å². The fourth-order valence-electron chi connectivity index (χ4n) is 3.53. The second kappa shape index (κ2) is 9.13. The zero-order valence-electron chi connectivity index (χ0n) is 16.6. The first-order valence-corrected chi connectivity index (χ1v) is 10.9. The molecule has 0 spiro atoms. The van der Waals surface area contributed by atoms with E-state index in [9.17, 15) is 18.0 Å². The minimum Gasteiger partial charge on any atom is -0.325 e. The summed E-state index contributed by atoms with van der Waals surface area (Å²) < 4.78 is 41.2. The molecule has 1 N–H and O–H groups in total. The maximum Gasteiger partial charge on any atom is 0.416 e. The molecular weight excluding hydrogens is 425 g/mol. The monoisotopic (exact) mass is 446 g/mol. The predicted octanol–water partition coefficient (Wildman–Crippen LogP) is 5.50. The van der Waals surface area contributed by atoms with Crippen molar-refractivity contribution in [2.45, 2.75) is 48.8 Å². The fraction of sp³-hybridized carbons (Fsp3) is 0.318. The summed E-state index contributed by atoms with van der Waals surface area (Å²) in [5.41, 5.74) is 0.0290. The molecule has 1 amide bonds. The topological polar surface area (TPSA) is 59.8 Å². The van der Waals surface area contributed by atoms with Gasteiger partial charge < -0.3 is 9.88 Å². The van der Waals surface area contributed by atoms with Crippen molar-refractivity contribution in [3.8, 4) is 0 Å². The number of fused-ring (bicyclic) bond motifs is 1. The Morgan fingerprint density at radius 1 is 1.03 bits per heavy atom. The minimum atomic E-state index is -4.48. The van der Waals surface area contributed by atoms with Crippen molar-refractivity contribution in [3.05, 3.63) is 71.5 Å². The molecule has 0 saturated carbocycles. The van der Waals surface area contributed by atoms with Gasteiger partial charge in [0, 0.05) is 18.7 Å². The lowest BCUT2D eigenvalue weighted by Crippen LogP contribution is -2.20. The van der Waals surface area contributed by atoms with Gasteiger partial charge in [0.25, 0.3) is 0 Å².